The lowest BCUT2D eigenvalue weighted by Gasteiger charge is -2.25. The highest BCUT2D eigenvalue weighted by atomic mass is 16.6. The Labute approximate surface area is 169 Å². The first-order valence-corrected chi connectivity index (χ1v) is 9.38. The summed E-state index contributed by atoms with van der Waals surface area (Å²) >= 11 is 0. The van der Waals surface area contributed by atoms with Crippen molar-refractivity contribution in [3.63, 3.8) is 0 Å². The number of rotatable bonds is 8. The summed E-state index contributed by atoms with van der Waals surface area (Å²) in [6.07, 6.45) is 0.497. The maximum atomic E-state index is 12.7. The molecular weight excluding hydrogens is 380 g/mol. The van der Waals surface area contributed by atoms with E-state index >= 15 is 0 Å². The maximum Gasteiger partial charge on any atom is 0.410 e. The zero-order valence-electron chi connectivity index (χ0n) is 16.6. The average Bonchev–Trinajstić information content (AvgIpc) is 3.24. The third-order valence-electron chi connectivity index (χ3n) is 4.66. The minimum Gasteiger partial charge on any atom is -0.469 e. The summed E-state index contributed by atoms with van der Waals surface area (Å²) in [5.74, 6) is -1.65. The molecule has 1 aromatic carbocycles. The Balaban J connectivity index is 1.95. The molecule has 29 heavy (non-hydrogen) atoms. The molecule has 2 rings (SSSR count). The SMILES string of the molecule is COC(=O)CC[C@H](NC(=O)[C@H]1CCCN1C(=O)OCc1ccccc1)C(=O)OC. The van der Waals surface area contributed by atoms with E-state index in [-0.39, 0.29) is 19.4 Å². The van der Waals surface area contributed by atoms with Crippen molar-refractivity contribution < 1.29 is 33.4 Å². The fourth-order valence-corrected chi connectivity index (χ4v) is 3.08. The summed E-state index contributed by atoms with van der Waals surface area (Å²) in [7, 11) is 2.44. The van der Waals surface area contributed by atoms with Crippen LogP contribution < -0.4 is 5.32 Å². The number of hydrogen-bond acceptors (Lipinski definition) is 7. The zero-order chi connectivity index (χ0) is 21.2. The molecule has 1 aromatic rings. The van der Waals surface area contributed by atoms with Crippen LogP contribution in [0.4, 0.5) is 4.79 Å². The molecule has 1 aliphatic heterocycles. The van der Waals surface area contributed by atoms with Gasteiger partial charge in [0.05, 0.1) is 14.2 Å². The first-order chi connectivity index (χ1) is 14.0. The second-order valence-electron chi connectivity index (χ2n) is 6.59. The van der Waals surface area contributed by atoms with E-state index in [0.717, 1.165) is 5.56 Å². The van der Waals surface area contributed by atoms with Gasteiger partial charge in [-0.25, -0.2) is 9.59 Å². The highest BCUT2D eigenvalue weighted by Gasteiger charge is 2.37. The fourth-order valence-electron chi connectivity index (χ4n) is 3.08. The third kappa shape index (κ3) is 6.48. The van der Waals surface area contributed by atoms with Crippen molar-refractivity contribution >= 4 is 23.9 Å². The topological polar surface area (TPSA) is 111 Å². The lowest BCUT2D eigenvalue weighted by molar-refractivity contribution is -0.146. The lowest BCUT2D eigenvalue weighted by Crippen LogP contribution is -2.51. The van der Waals surface area contributed by atoms with Crippen LogP contribution in [0.1, 0.15) is 31.2 Å². The van der Waals surface area contributed by atoms with Crippen molar-refractivity contribution in [2.24, 2.45) is 0 Å². The van der Waals surface area contributed by atoms with Gasteiger partial charge in [0.15, 0.2) is 0 Å². The van der Waals surface area contributed by atoms with Crippen molar-refractivity contribution in [1.82, 2.24) is 10.2 Å². The summed E-state index contributed by atoms with van der Waals surface area (Å²) < 4.78 is 14.6. The Hall–Kier alpha value is -3.10. The Morgan fingerprint density at radius 3 is 2.52 bits per heavy atom. The van der Waals surface area contributed by atoms with E-state index < -0.39 is 36.0 Å². The Morgan fingerprint density at radius 1 is 1.14 bits per heavy atom. The van der Waals surface area contributed by atoms with Gasteiger partial charge >= 0.3 is 18.0 Å². The van der Waals surface area contributed by atoms with Crippen molar-refractivity contribution in [1.29, 1.82) is 0 Å². The largest absolute Gasteiger partial charge is 0.469 e. The number of amides is 2. The van der Waals surface area contributed by atoms with Crippen molar-refractivity contribution in [3.8, 4) is 0 Å². The highest BCUT2D eigenvalue weighted by molar-refractivity contribution is 5.90. The second-order valence-corrected chi connectivity index (χ2v) is 6.59. The molecule has 0 saturated carbocycles. The van der Waals surface area contributed by atoms with Gasteiger partial charge in [-0.05, 0) is 24.8 Å². The molecule has 1 aliphatic rings. The highest BCUT2D eigenvalue weighted by Crippen LogP contribution is 2.19. The standard InChI is InChI=1S/C20H26N2O7/c1-27-17(23)11-10-15(19(25)28-2)21-18(24)16-9-6-12-22(16)20(26)29-13-14-7-4-3-5-8-14/h3-5,7-8,15-16H,6,9-13H2,1-2H3,(H,21,24)/t15-,16+/m0/s1. The second kappa shape index (κ2) is 11.0. The molecule has 9 heteroatoms. The molecule has 2 amide bonds. The van der Waals surface area contributed by atoms with Crippen LogP contribution in [0.25, 0.3) is 0 Å². The van der Waals surface area contributed by atoms with E-state index in [1.54, 1.807) is 0 Å². The minimum absolute atomic E-state index is 0.0380. The number of ether oxygens (including phenoxy) is 3. The summed E-state index contributed by atoms with van der Waals surface area (Å²) in [6.45, 7) is 0.491. The molecule has 9 nitrogen and oxygen atoms in total. The number of benzene rings is 1. The van der Waals surface area contributed by atoms with Gasteiger partial charge < -0.3 is 19.5 Å². The number of carbonyl (C=O) groups is 4. The Kier molecular flexibility index (Phi) is 8.45. The van der Waals surface area contributed by atoms with Crippen molar-refractivity contribution in [2.45, 2.75) is 44.4 Å². The zero-order valence-corrected chi connectivity index (χ0v) is 16.6. The number of likely N-dealkylation sites (tertiary alicyclic amines) is 1. The molecule has 0 unspecified atom stereocenters. The normalized spacial score (nSPS) is 16.6. The van der Waals surface area contributed by atoms with Crippen LogP contribution in [0.3, 0.4) is 0 Å². The number of methoxy groups -OCH3 is 2. The Morgan fingerprint density at radius 2 is 1.86 bits per heavy atom. The third-order valence-corrected chi connectivity index (χ3v) is 4.66. The van der Waals surface area contributed by atoms with Gasteiger partial charge in [0.2, 0.25) is 5.91 Å². The van der Waals surface area contributed by atoms with E-state index in [2.05, 4.69) is 10.1 Å². The summed E-state index contributed by atoms with van der Waals surface area (Å²) in [6, 6.07) is 7.47. The van der Waals surface area contributed by atoms with E-state index in [4.69, 9.17) is 9.47 Å². The predicted molar refractivity (Wildman–Crippen MR) is 102 cm³/mol. The lowest BCUT2D eigenvalue weighted by atomic mass is 10.1. The number of nitrogens with one attached hydrogen (secondary N) is 1. The predicted octanol–water partition coefficient (Wildman–Crippen LogP) is 1.40. The van der Waals surface area contributed by atoms with Gasteiger partial charge in [-0.2, -0.15) is 0 Å². The van der Waals surface area contributed by atoms with Crippen LogP contribution in [0.5, 0.6) is 0 Å². The maximum absolute atomic E-state index is 12.7. The molecule has 0 bridgehead atoms. The molecule has 1 N–H and O–H groups in total. The van der Waals surface area contributed by atoms with Gasteiger partial charge in [0.1, 0.15) is 18.7 Å². The molecule has 1 saturated heterocycles. The summed E-state index contributed by atoms with van der Waals surface area (Å²) in [5.41, 5.74) is 0.842. The molecule has 0 spiro atoms. The molecule has 1 heterocycles. The van der Waals surface area contributed by atoms with Crippen LogP contribution in [0, 0.1) is 0 Å². The summed E-state index contributed by atoms with van der Waals surface area (Å²) in [5, 5.41) is 2.58. The van der Waals surface area contributed by atoms with Gasteiger partial charge in [-0.1, -0.05) is 30.3 Å². The molecule has 158 valence electrons. The van der Waals surface area contributed by atoms with Gasteiger partial charge in [0.25, 0.3) is 0 Å². The molecule has 0 radical (unpaired) electrons. The first kappa shape index (κ1) is 22.2. The minimum atomic E-state index is -1.01. The number of hydrogen-bond donors (Lipinski definition) is 1. The molecule has 1 fully saturated rings. The van der Waals surface area contributed by atoms with E-state index in [0.29, 0.717) is 19.4 Å². The van der Waals surface area contributed by atoms with Gasteiger partial charge in [-0.3, -0.25) is 14.5 Å². The van der Waals surface area contributed by atoms with E-state index in [1.807, 2.05) is 30.3 Å². The van der Waals surface area contributed by atoms with Crippen LogP contribution >= 0.6 is 0 Å². The smallest absolute Gasteiger partial charge is 0.410 e. The number of nitrogens with zero attached hydrogens (tertiary/aromatic N) is 1. The number of carbonyl (C=O) groups excluding carboxylic acids is 4. The van der Waals surface area contributed by atoms with Gasteiger partial charge in [0, 0.05) is 13.0 Å². The average molecular weight is 406 g/mol. The Bertz CT molecular complexity index is 723. The molecule has 0 aliphatic carbocycles. The summed E-state index contributed by atoms with van der Waals surface area (Å²) in [4.78, 5) is 49.8. The first-order valence-electron chi connectivity index (χ1n) is 9.38. The van der Waals surface area contributed by atoms with E-state index in [1.165, 1.54) is 19.1 Å². The number of esters is 2. The molecular formula is C20H26N2O7. The van der Waals surface area contributed by atoms with Crippen LogP contribution in [-0.4, -0.2) is 61.7 Å². The van der Waals surface area contributed by atoms with Crippen molar-refractivity contribution in [3.05, 3.63) is 35.9 Å². The van der Waals surface area contributed by atoms with Crippen molar-refractivity contribution in [2.75, 3.05) is 20.8 Å². The molecule has 0 aromatic heterocycles. The van der Waals surface area contributed by atoms with Gasteiger partial charge in [-0.15, -0.1) is 0 Å². The monoisotopic (exact) mass is 406 g/mol. The van der Waals surface area contributed by atoms with Crippen LogP contribution in [-0.2, 0) is 35.2 Å². The van der Waals surface area contributed by atoms with Crippen LogP contribution in [0.15, 0.2) is 30.3 Å². The fraction of sp³-hybridized carbons (Fsp3) is 0.500. The molecule has 2 atom stereocenters. The van der Waals surface area contributed by atoms with Crippen LogP contribution in [0.2, 0.25) is 0 Å². The van der Waals surface area contributed by atoms with E-state index in [9.17, 15) is 19.2 Å². The quantitative estimate of drug-likeness (QED) is 0.513.